The summed E-state index contributed by atoms with van der Waals surface area (Å²) in [4.78, 5) is 25.1. The van der Waals surface area contributed by atoms with Crippen molar-refractivity contribution in [3.63, 3.8) is 0 Å². The number of hydrogen-bond donors (Lipinski definition) is 2. The molecular formula is C15H20N2O3. The molecule has 2 rings (SSSR count). The minimum Gasteiger partial charge on any atom is -0.478 e. The van der Waals surface area contributed by atoms with Gasteiger partial charge in [0.25, 0.3) is 0 Å². The number of carboxylic acids is 1. The van der Waals surface area contributed by atoms with E-state index in [-0.39, 0.29) is 5.91 Å². The third-order valence-electron chi connectivity index (χ3n) is 3.72. The van der Waals surface area contributed by atoms with Gasteiger partial charge in [-0.05, 0) is 30.0 Å². The second-order valence-corrected chi connectivity index (χ2v) is 5.15. The molecule has 1 amide bonds. The van der Waals surface area contributed by atoms with E-state index < -0.39 is 12.0 Å². The first kappa shape index (κ1) is 14.5. The first-order valence-corrected chi connectivity index (χ1v) is 6.93. The van der Waals surface area contributed by atoms with Crippen molar-refractivity contribution in [2.45, 2.75) is 38.8 Å². The van der Waals surface area contributed by atoms with Crippen LogP contribution in [0, 0.1) is 0 Å². The lowest BCUT2D eigenvalue weighted by Crippen LogP contribution is -2.46. The van der Waals surface area contributed by atoms with E-state index >= 15 is 0 Å². The maximum absolute atomic E-state index is 12.2. The van der Waals surface area contributed by atoms with Crippen LogP contribution in [0.15, 0.2) is 18.2 Å². The molecule has 0 bridgehead atoms. The third kappa shape index (κ3) is 2.82. The van der Waals surface area contributed by atoms with Crippen molar-refractivity contribution in [3.05, 3.63) is 34.9 Å². The molecule has 0 saturated heterocycles. The Bertz CT molecular complexity index is 528. The van der Waals surface area contributed by atoms with E-state index in [4.69, 9.17) is 5.73 Å². The molecule has 1 aliphatic rings. The lowest BCUT2D eigenvalue weighted by molar-refractivity contribution is -0.133. The largest absolute Gasteiger partial charge is 0.478 e. The van der Waals surface area contributed by atoms with Crippen molar-refractivity contribution < 1.29 is 14.7 Å². The summed E-state index contributed by atoms with van der Waals surface area (Å²) in [5.74, 6) is -0.956. The first-order valence-electron chi connectivity index (χ1n) is 6.93. The molecule has 1 aromatic carbocycles. The van der Waals surface area contributed by atoms with E-state index in [0.29, 0.717) is 31.5 Å². The van der Waals surface area contributed by atoms with Gasteiger partial charge >= 0.3 is 5.97 Å². The van der Waals surface area contributed by atoms with Crippen LogP contribution in [0.25, 0.3) is 0 Å². The summed E-state index contributed by atoms with van der Waals surface area (Å²) in [5, 5.41) is 9.17. The minimum atomic E-state index is -0.913. The van der Waals surface area contributed by atoms with Crippen molar-refractivity contribution in [1.82, 2.24) is 4.90 Å². The summed E-state index contributed by atoms with van der Waals surface area (Å²) in [7, 11) is 0. The molecule has 0 aliphatic carbocycles. The van der Waals surface area contributed by atoms with Crippen LogP contribution in [-0.2, 0) is 17.8 Å². The van der Waals surface area contributed by atoms with Crippen LogP contribution in [0.3, 0.4) is 0 Å². The van der Waals surface area contributed by atoms with Gasteiger partial charge in [-0.2, -0.15) is 0 Å². The molecule has 3 N–H and O–H groups in total. The number of rotatable bonds is 4. The van der Waals surface area contributed by atoms with Gasteiger partial charge in [0.15, 0.2) is 0 Å². The number of amides is 1. The number of aromatic carboxylic acids is 1. The van der Waals surface area contributed by atoms with Crippen molar-refractivity contribution >= 4 is 11.9 Å². The molecule has 5 heteroatoms. The summed E-state index contributed by atoms with van der Waals surface area (Å²) in [5.41, 5.74) is 7.96. The topological polar surface area (TPSA) is 83.6 Å². The van der Waals surface area contributed by atoms with Crippen molar-refractivity contribution in [2.24, 2.45) is 5.73 Å². The molecular weight excluding hydrogens is 256 g/mol. The van der Waals surface area contributed by atoms with Crippen LogP contribution in [0.4, 0.5) is 0 Å². The van der Waals surface area contributed by atoms with Crippen molar-refractivity contribution in [1.29, 1.82) is 0 Å². The standard InChI is InChI=1S/C15H20N2O3/c1-2-4-13(16)14(18)17-8-7-11-10(9-17)5-3-6-12(11)15(19)20/h3,5-6,13H,2,4,7-9,16H2,1H3,(H,19,20)/t13-/m0/s1. The van der Waals surface area contributed by atoms with Crippen molar-refractivity contribution in [2.75, 3.05) is 6.54 Å². The van der Waals surface area contributed by atoms with Crippen LogP contribution in [0.1, 0.15) is 41.3 Å². The van der Waals surface area contributed by atoms with Gasteiger partial charge in [0.1, 0.15) is 0 Å². The third-order valence-corrected chi connectivity index (χ3v) is 3.72. The number of fused-ring (bicyclic) bond motifs is 1. The highest BCUT2D eigenvalue weighted by Gasteiger charge is 2.26. The Labute approximate surface area is 118 Å². The van der Waals surface area contributed by atoms with Crippen LogP contribution in [0.2, 0.25) is 0 Å². The predicted octanol–water partition coefficient (Wildman–Crippen LogP) is 1.40. The number of hydrogen-bond acceptors (Lipinski definition) is 3. The average molecular weight is 276 g/mol. The highest BCUT2D eigenvalue weighted by Crippen LogP contribution is 2.23. The normalized spacial score (nSPS) is 15.6. The molecule has 0 radical (unpaired) electrons. The number of carbonyl (C=O) groups excluding carboxylic acids is 1. The van der Waals surface area contributed by atoms with Gasteiger partial charge in [-0.1, -0.05) is 25.5 Å². The minimum absolute atomic E-state index is 0.0433. The van der Waals surface area contributed by atoms with Gasteiger partial charge in [-0.25, -0.2) is 4.79 Å². The average Bonchev–Trinajstić information content (AvgIpc) is 2.45. The van der Waals surface area contributed by atoms with Gasteiger partial charge in [0.05, 0.1) is 11.6 Å². The fourth-order valence-corrected chi connectivity index (χ4v) is 2.67. The molecule has 108 valence electrons. The maximum Gasteiger partial charge on any atom is 0.335 e. The summed E-state index contributed by atoms with van der Waals surface area (Å²) in [6.45, 7) is 2.98. The number of nitrogens with zero attached hydrogens (tertiary/aromatic N) is 1. The molecule has 1 aromatic rings. The highest BCUT2D eigenvalue weighted by atomic mass is 16.4. The second-order valence-electron chi connectivity index (χ2n) is 5.15. The van der Waals surface area contributed by atoms with Gasteiger partial charge in [0.2, 0.25) is 5.91 Å². The summed E-state index contributed by atoms with van der Waals surface area (Å²) in [6.07, 6.45) is 2.13. The van der Waals surface area contributed by atoms with E-state index in [9.17, 15) is 14.7 Å². The van der Waals surface area contributed by atoms with Crippen LogP contribution >= 0.6 is 0 Å². The smallest absolute Gasteiger partial charge is 0.335 e. The molecule has 0 unspecified atom stereocenters. The Morgan fingerprint density at radius 2 is 2.20 bits per heavy atom. The Morgan fingerprint density at radius 1 is 1.45 bits per heavy atom. The SMILES string of the molecule is CCC[C@H](N)C(=O)N1CCc2c(cccc2C(=O)O)C1. The van der Waals surface area contributed by atoms with Gasteiger partial charge in [0, 0.05) is 13.1 Å². The van der Waals surface area contributed by atoms with Gasteiger partial charge in [-0.3, -0.25) is 4.79 Å². The number of carbonyl (C=O) groups is 2. The molecule has 0 spiro atoms. The van der Waals surface area contributed by atoms with Crippen LogP contribution in [0.5, 0.6) is 0 Å². The van der Waals surface area contributed by atoms with Gasteiger partial charge < -0.3 is 15.7 Å². The predicted molar refractivity (Wildman–Crippen MR) is 75.4 cm³/mol. The Morgan fingerprint density at radius 3 is 2.85 bits per heavy atom. The van der Waals surface area contributed by atoms with E-state index in [2.05, 4.69) is 0 Å². The first-order chi connectivity index (χ1) is 9.54. The van der Waals surface area contributed by atoms with E-state index in [1.807, 2.05) is 13.0 Å². The Hall–Kier alpha value is -1.88. The highest BCUT2D eigenvalue weighted by molar-refractivity contribution is 5.90. The molecule has 5 nitrogen and oxygen atoms in total. The molecule has 1 atom stereocenters. The molecule has 1 heterocycles. The lowest BCUT2D eigenvalue weighted by atomic mass is 9.94. The zero-order chi connectivity index (χ0) is 14.7. The fraction of sp³-hybridized carbons (Fsp3) is 0.467. The molecule has 1 aliphatic heterocycles. The molecule has 20 heavy (non-hydrogen) atoms. The quantitative estimate of drug-likeness (QED) is 0.870. The summed E-state index contributed by atoms with van der Waals surface area (Å²) in [6, 6.07) is 4.76. The zero-order valence-corrected chi connectivity index (χ0v) is 11.6. The molecule has 0 saturated carbocycles. The summed E-state index contributed by atoms with van der Waals surface area (Å²) < 4.78 is 0. The van der Waals surface area contributed by atoms with Crippen molar-refractivity contribution in [3.8, 4) is 0 Å². The monoisotopic (exact) mass is 276 g/mol. The lowest BCUT2D eigenvalue weighted by Gasteiger charge is -2.31. The molecule has 0 fully saturated rings. The number of benzene rings is 1. The number of carboxylic acid groups (broad SMARTS) is 1. The van der Waals surface area contributed by atoms with E-state index in [1.165, 1.54) is 0 Å². The Balaban J connectivity index is 2.18. The van der Waals surface area contributed by atoms with E-state index in [1.54, 1.807) is 17.0 Å². The Kier molecular flexibility index (Phi) is 4.39. The molecule has 0 aromatic heterocycles. The summed E-state index contributed by atoms with van der Waals surface area (Å²) >= 11 is 0. The zero-order valence-electron chi connectivity index (χ0n) is 11.6. The fourth-order valence-electron chi connectivity index (χ4n) is 2.67. The van der Waals surface area contributed by atoms with E-state index in [0.717, 1.165) is 17.5 Å². The second kappa shape index (κ2) is 6.05. The van der Waals surface area contributed by atoms with Crippen LogP contribution < -0.4 is 5.73 Å². The number of nitrogens with two attached hydrogens (primary N) is 1. The maximum atomic E-state index is 12.2. The van der Waals surface area contributed by atoms with Gasteiger partial charge in [-0.15, -0.1) is 0 Å². The van der Waals surface area contributed by atoms with Crippen LogP contribution in [-0.4, -0.2) is 34.5 Å².